The predicted molar refractivity (Wildman–Crippen MR) is 107 cm³/mol. The second-order valence-electron chi connectivity index (χ2n) is 7.94. The number of nitrogens with zero attached hydrogens (tertiary/aromatic N) is 4. The Morgan fingerprint density at radius 2 is 2.00 bits per heavy atom. The highest BCUT2D eigenvalue weighted by Crippen LogP contribution is 2.35. The molecule has 1 aliphatic heterocycles. The van der Waals surface area contributed by atoms with E-state index in [1.54, 1.807) is 16.7 Å². The van der Waals surface area contributed by atoms with Crippen molar-refractivity contribution in [2.75, 3.05) is 27.3 Å². The number of likely N-dealkylation sites (tertiary alicyclic amines) is 1. The fourth-order valence-electron chi connectivity index (χ4n) is 3.84. The largest absolute Gasteiger partial charge is 0.497 e. The molecule has 1 aliphatic rings. The van der Waals surface area contributed by atoms with E-state index in [1.807, 2.05) is 45.0 Å². The summed E-state index contributed by atoms with van der Waals surface area (Å²) >= 11 is 0. The SMILES string of the molecule is COC(=O)C(C)(C)[C@H]1CCCN(C(=O)c2nnn(-c3cccc(OC)c3)c2C)C1. The van der Waals surface area contributed by atoms with Gasteiger partial charge in [0.1, 0.15) is 5.75 Å². The van der Waals surface area contributed by atoms with Gasteiger partial charge in [0.25, 0.3) is 5.91 Å². The number of hydrogen-bond acceptors (Lipinski definition) is 6. The quantitative estimate of drug-likeness (QED) is 0.717. The molecule has 1 atom stereocenters. The molecule has 0 aliphatic carbocycles. The molecule has 29 heavy (non-hydrogen) atoms. The zero-order valence-electron chi connectivity index (χ0n) is 17.6. The number of ether oxygens (including phenoxy) is 2. The van der Waals surface area contributed by atoms with E-state index in [0.717, 1.165) is 18.5 Å². The number of rotatable bonds is 5. The summed E-state index contributed by atoms with van der Waals surface area (Å²) in [6, 6.07) is 7.43. The zero-order valence-corrected chi connectivity index (χ0v) is 17.6. The first kappa shape index (κ1) is 20.8. The summed E-state index contributed by atoms with van der Waals surface area (Å²) < 4.78 is 11.9. The average molecular weight is 400 g/mol. The van der Waals surface area contributed by atoms with Crippen LogP contribution in [-0.2, 0) is 9.53 Å². The smallest absolute Gasteiger partial charge is 0.311 e. The first-order valence-electron chi connectivity index (χ1n) is 9.74. The lowest BCUT2D eigenvalue weighted by molar-refractivity contribution is -0.155. The number of methoxy groups -OCH3 is 2. The Kier molecular flexibility index (Phi) is 5.91. The Morgan fingerprint density at radius 1 is 1.24 bits per heavy atom. The highest BCUT2D eigenvalue weighted by Gasteiger charge is 2.41. The molecule has 1 saturated heterocycles. The van der Waals surface area contributed by atoms with Crippen LogP contribution in [0.2, 0.25) is 0 Å². The number of carbonyl (C=O) groups excluding carboxylic acids is 2. The van der Waals surface area contributed by atoms with E-state index in [1.165, 1.54) is 7.11 Å². The Hall–Kier alpha value is -2.90. The van der Waals surface area contributed by atoms with Gasteiger partial charge < -0.3 is 14.4 Å². The molecule has 8 heteroatoms. The Labute approximate surface area is 170 Å². The first-order valence-corrected chi connectivity index (χ1v) is 9.74. The van der Waals surface area contributed by atoms with Gasteiger partial charge in [-0.1, -0.05) is 11.3 Å². The summed E-state index contributed by atoms with van der Waals surface area (Å²) in [6.07, 6.45) is 1.71. The third-order valence-corrected chi connectivity index (χ3v) is 5.84. The van der Waals surface area contributed by atoms with Crippen LogP contribution in [0.1, 0.15) is 42.9 Å². The molecule has 3 rings (SSSR count). The van der Waals surface area contributed by atoms with Crippen LogP contribution in [-0.4, -0.2) is 59.1 Å². The van der Waals surface area contributed by atoms with Crippen LogP contribution in [0, 0.1) is 18.3 Å². The summed E-state index contributed by atoms with van der Waals surface area (Å²) in [5.74, 6) is 0.314. The van der Waals surface area contributed by atoms with Crippen molar-refractivity contribution in [2.45, 2.75) is 33.6 Å². The minimum absolute atomic E-state index is 0.0291. The molecule has 0 spiro atoms. The number of amides is 1. The minimum atomic E-state index is -0.652. The zero-order chi connectivity index (χ0) is 21.2. The lowest BCUT2D eigenvalue weighted by atomic mass is 9.74. The number of benzene rings is 1. The van der Waals surface area contributed by atoms with Crippen molar-refractivity contribution >= 4 is 11.9 Å². The second kappa shape index (κ2) is 8.23. The van der Waals surface area contributed by atoms with Crippen LogP contribution in [0.5, 0.6) is 5.75 Å². The van der Waals surface area contributed by atoms with Gasteiger partial charge in [-0.2, -0.15) is 0 Å². The van der Waals surface area contributed by atoms with Crippen molar-refractivity contribution in [2.24, 2.45) is 11.3 Å². The molecule has 0 N–H and O–H groups in total. The molecule has 0 unspecified atom stereocenters. The van der Waals surface area contributed by atoms with Crippen molar-refractivity contribution in [3.8, 4) is 11.4 Å². The van der Waals surface area contributed by atoms with Crippen LogP contribution < -0.4 is 4.74 Å². The second-order valence-corrected chi connectivity index (χ2v) is 7.94. The van der Waals surface area contributed by atoms with Crippen LogP contribution in [0.15, 0.2) is 24.3 Å². The van der Waals surface area contributed by atoms with E-state index in [9.17, 15) is 9.59 Å². The molecule has 2 aromatic rings. The summed E-state index contributed by atoms with van der Waals surface area (Å²) in [7, 11) is 3.00. The molecule has 2 heterocycles. The van der Waals surface area contributed by atoms with E-state index >= 15 is 0 Å². The number of esters is 1. The van der Waals surface area contributed by atoms with Gasteiger partial charge in [-0.15, -0.1) is 5.10 Å². The van der Waals surface area contributed by atoms with Gasteiger partial charge in [0.15, 0.2) is 5.69 Å². The van der Waals surface area contributed by atoms with Crippen molar-refractivity contribution < 1.29 is 19.1 Å². The Bertz CT molecular complexity index is 906. The molecule has 8 nitrogen and oxygen atoms in total. The third kappa shape index (κ3) is 3.97. The van der Waals surface area contributed by atoms with Gasteiger partial charge >= 0.3 is 5.97 Å². The van der Waals surface area contributed by atoms with Gasteiger partial charge in [0.2, 0.25) is 0 Å². The fraction of sp³-hybridized carbons (Fsp3) is 0.524. The maximum absolute atomic E-state index is 13.2. The number of aromatic nitrogens is 3. The van der Waals surface area contributed by atoms with E-state index < -0.39 is 5.41 Å². The van der Waals surface area contributed by atoms with Gasteiger partial charge in [0, 0.05) is 19.2 Å². The maximum Gasteiger partial charge on any atom is 0.311 e. The van der Waals surface area contributed by atoms with Crippen molar-refractivity contribution in [1.82, 2.24) is 19.9 Å². The molecule has 1 amide bonds. The lowest BCUT2D eigenvalue weighted by Crippen LogP contribution is -2.47. The van der Waals surface area contributed by atoms with Gasteiger partial charge in [-0.05, 0) is 51.7 Å². The minimum Gasteiger partial charge on any atom is -0.497 e. The lowest BCUT2D eigenvalue weighted by Gasteiger charge is -2.39. The fourth-order valence-corrected chi connectivity index (χ4v) is 3.84. The average Bonchev–Trinajstić information content (AvgIpc) is 3.13. The normalized spacial score (nSPS) is 17.1. The summed E-state index contributed by atoms with van der Waals surface area (Å²) in [5.41, 5.74) is 1.11. The summed E-state index contributed by atoms with van der Waals surface area (Å²) in [4.78, 5) is 27.1. The van der Waals surface area contributed by atoms with Crippen LogP contribution >= 0.6 is 0 Å². The molecule has 156 valence electrons. The van der Waals surface area contributed by atoms with Crippen molar-refractivity contribution in [3.63, 3.8) is 0 Å². The van der Waals surface area contributed by atoms with Gasteiger partial charge in [0.05, 0.1) is 31.0 Å². The number of hydrogen-bond donors (Lipinski definition) is 0. The highest BCUT2D eigenvalue weighted by molar-refractivity contribution is 5.93. The standard InChI is InChI=1S/C21H28N4O4/c1-14-18(22-23-25(14)16-9-6-10-17(12-16)28-4)19(26)24-11-7-8-15(13-24)21(2,3)20(27)29-5/h6,9-10,12,15H,7-8,11,13H2,1-5H3/t15-/m0/s1. The molecular formula is C21H28N4O4. The molecular weight excluding hydrogens is 372 g/mol. The molecule has 0 saturated carbocycles. The molecule has 1 aromatic heterocycles. The third-order valence-electron chi connectivity index (χ3n) is 5.84. The van der Waals surface area contributed by atoms with E-state index in [4.69, 9.17) is 9.47 Å². The van der Waals surface area contributed by atoms with Crippen molar-refractivity contribution in [3.05, 3.63) is 35.7 Å². The van der Waals surface area contributed by atoms with E-state index in [2.05, 4.69) is 10.3 Å². The summed E-state index contributed by atoms with van der Waals surface area (Å²) in [5, 5.41) is 8.33. The Morgan fingerprint density at radius 3 is 2.69 bits per heavy atom. The molecule has 1 aromatic carbocycles. The monoisotopic (exact) mass is 400 g/mol. The van der Waals surface area contributed by atoms with Gasteiger partial charge in [-0.25, -0.2) is 4.68 Å². The Balaban J connectivity index is 1.82. The first-order chi connectivity index (χ1) is 13.8. The summed E-state index contributed by atoms with van der Waals surface area (Å²) in [6.45, 7) is 6.71. The highest BCUT2D eigenvalue weighted by atomic mass is 16.5. The van der Waals surface area contributed by atoms with Crippen molar-refractivity contribution in [1.29, 1.82) is 0 Å². The molecule has 0 bridgehead atoms. The van der Waals surface area contributed by atoms with E-state index in [0.29, 0.717) is 30.2 Å². The number of carbonyl (C=O) groups is 2. The van der Waals surface area contributed by atoms with Crippen LogP contribution in [0.25, 0.3) is 5.69 Å². The maximum atomic E-state index is 13.2. The molecule has 0 radical (unpaired) electrons. The van der Waals surface area contributed by atoms with Crippen LogP contribution in [0.3, 0.4) is 0 Å². The van der Waals surface area contributed by atoms with Gasteiger partial charge in [-0.3, -0.25) is 9.59 Å². The predicted octanol–water partition coefficient (Wildman–Crippen LogP) is 2.64. The van der Waals surface area contributed by atoms with E-state index in [-0.39, 0.29) is 17.8 Å². The van der Waals surface area contributed by atoms with Crippen LogP contribution in [0.4, 0.5) is 0 Å². The topological polar surface area (TPSA) is 86.5 Å². The number of piperidine rings is 1. The molecule has 1 fully saturated rings.